The summed E-state index contributed by atoms with van der Waals surface area (Å²) in [7, 11) is 1.39. The third-order valence-corrected chi connectivity index (χ3v) is 9.80. The molecule has 11 heteroatoms. The molecule has 1 fully saturated rings. The predicted molar refractivity (Wildman–Crippen MR) is 233 cm³/mol. The largest absolute Gasteiger partial charge is 0.472 e. The van der Waals surface area contributed by atoms with Crippen molar-refractivity contribution in [2.75, 3.05) is 47.5 Å². The first-order chi connectivity index (χ1) is 27.5. The Morgan fingerprint density at radius 1 is 0.649 bits per heavy atom. The van der Waals surface area contributed by atoms with Crippen LogP contribution < -0.4 is 0 Å². The highest BCUT2D eigenvalue weighted by Gasteiger charge is 2.36. The maximum atomic E-state index is 12.7. The molecule has 0 bridgehead atoms. The summed E-state index contributed by atoms with van der Waals surface area (Å²) < 4.78 is 39.9. The average Bonchev–Trinajstić information content (AvgIpc) is 3.92. The summed E-state index contributed by atoms with van der Waals surface area (Å²) in [6.45, 7) is 4.12. The molecule has 1 rings (SSSR count). The third-order valence-electron chi connectivity index (χ3n) is 8.81. The normalized spacial score (nSPS) is 18.0. The van der Waals surface area contributed by atoms with Crippen molar-refractivity contribution >= 4 is 19.8 Å². The van der Waals surface area contributed by atoms with Crippen LogP contribution in [0.4, 0.5) is 0 Å². The smallest absolute Gasteiger partial charge is 0.462 e. The Hall–Kier alpha value is -2.85. The summed E-state index contributed by atoms with van der Waals surface area (Å²) in [6, 6.07) is 0. The first-order valence-electron chi connectivity index (χ1n) is 21.4. The number of epoxide rings is 1. The Morgan fingerprint density at radius 2 is 1.16 bits per heavy atom. The fraction of sp³-hybridized carbons (Fsp3) is 0.652. The second kappa shape index (κ2) is 34.1. The molecule has 1 heterocycles. The van der Waals surface area contributed by atoms with Crippen LogP contribution in [0.2, 0.25) is 0 Å². The Labute approximate surface area is 346 Å². The lowest BCUT2D eigenvalue weighted by molar-refractivity contribution is -0.870. The van der Waals surface area contributed by atoms with Gasteiger partial charge in [-0.3, -0.25) is 18.6 Å². The number of carbonyl (C=O) groups excluding carboxylic acids is 2. The summed E-state index contributed by atoms with van der Waals surface area (Å²) in [5.41, 5.74) is 0. The molecular weight excluding hydrogens is 741 g/mol. The quantitative estimate of drug-likeness (QED) is 0.0164. The monoisotopic (exact) mass is 819 g/mol. The Morgan fingerprint density at radius 3 is 1.75 bits per heavy atom. The highest BCUT2D eigenvalue weighted by Crippen LogP contribution is 2.43. The summed E-state index contributed by atoms with van der Waals surface area (Å²) in [5.74, 6) is -0.930. The molecule has 0 saturated carbocycles. The number of hydrogen-bond donors (Lipinski definition) is 1. The van der Waals surface area contributed by atoms with E-state index in [0.717, 1.165) is 64.2 Å². The number of allylic oxidation sites excluding steroid dienone is 12. The van der Waals surface area contributed by atoms with E-state index in [1.54, 1.807) is 0 Å². The SMILES string of the molecule is CC/C=C\C/C=C\C/C=C\C/C=C\CCCCC(=O)OC[C@H](COP(=O)(O)OCC[N+](C)(C)C)OC(=O)CCC/C=C\C/C=C\CC1OC1C/C=C\CCCCC. The molecule has 0 aromatic rings. The van der Waals surface area contributed by atoms with Crippen LogP contribution in [0.1, 0.15) is 129 Å². The van der Waals surface area contributed by atoms with Crippen LogP contribution in [-0.4, -0.2) is 87.1 Å². The molecule has 10 nitrogen and oxygen atoms in total. The first-order valence-corrected chi connectivity index (χ1v) is 22.9. The van der Waals surface area contributed by atoms with E-state index in [-0.39, 0.29) is 26.1 Å². The standard InChI is InChI=1S/C46H76NO9P/c1-6-8-10-12-14-15-16-17-18-19-20-21-24-28-32-36-45(48)52-40-42(41-54-57(50,51)53-39-38-47(3,4)5)55-46(49)37-33-29-25-22-23-27-31-35-44-43(56-44)34-30-26-13-11-9-7-2/h8,10,14-15,17-18,20-22,25-27,30-31,42-44H,6-7,9,11-13,16,19,23-24,28-29,32-41H2,1-5H3/p+1/b10-8-,15-14-,18-17-,21-20-,25-22-,30-26-,31-27-/t42-,43?,44?/m1/s1. The van der Waals surface area contributed by atoms with E-state index in [1.165, 1.54) is 19.3 Å². The van der Waals surface area contributed by atoms with Crippen LogP contribution >= 0.6 is 7.82 Å². The molecule has 3 unspecified atom stereocenters. The number of hydrogen-bond acceptors (Lipinski definition) is 8. The van der Waals surface area contributed by atoms with E-state index in [9.17, 15) is 19.0 Å². The van der Waals surface area contributed by atoms with Crippen molar-refractivity contribution in [3.8, 4) is 0 Å². The van der Waals surface area contributed by atoms with E-state index in [2.05, 4.69) is 92.8 Å². The van der Waals surface area contributed by atoms with E-state index in [4.69, 9.17) is 23.3 Å². The number of ether oxygens (including phenoxy) is 3. The Bertz CT molecular complexity index is 1310. The average molecular weight is 819 g/mol. The molecule has 0 spiro atoms. The second-order valence-corrected chi connectivity index (χ2v) is 16.8. The van der Waals surface area contributed by atoms with Gasteiger partial charge in [0.1, 0.15) is 19.8 Å². The minimum Gasteiger partial charge on any atom is -0.462 e. The van der Waals surface area contributed by atoms with Gasteiger partial charge in [0.2, 0.25) is 0 Å². The van der Waals surface area contributed by atoms with Gasteiger partial charge in [0.05, 0.1) is 40.0 Å². The molecule has 324 valence electrons. The lowest BCUT2D eigenvalue weighted by Crippen LogP contribution is -2.37. The molecule has 57 heavy (non-hydrogen) atoms. The van der Waals surface area contributed by atoms with Crippen molar-refractivity contribution < 1.29 is 46.8 Å². The highest BCUT2D eigenvalue weighted by atomic mass is 31.2. The van der Waals surface area contributed by atoms with Crippen molar-refractivity contribution in [3.05, 3.63) is 85.1 Å². The summed E-state index contributed by atoms with van der Waals surface area (Å²) >= 11 is 0. The number of likely N-dealkylation sites (N-methyl/N-ethyl adjacent to an activating group) is 1. The van der Waals surface area contributed by atoms with Gasteiger partial charge >= 0.3 is 19.8 Å². The van der Waals surface area contributed by atoms with E-state index in [1.807, 2.05) is 27.2 Å². The number of unbranched alkanes of at least 4 members (excludes halogenated alkanes) is 6. The fourth-order valence-electron chi connectivity index (χ4n) is 5.33. The summed E-state index contributed by atoms with van der Waals surface area (Å²) in [6.07, 6.45) is 45.3. The topological polar surface area (TPSA) is 121 Å². The van der Waals surface area contributed by atoms with Gasteiger partial charge in [-0.25, -0.2) is 4.57 Å². The fourth-order valence-corrected chi connectivity index (χ4v) is 6.07. The van der Waals surface area contributed by atoms with Crippen LogP contribution in [0.15, 0.2) is 85.1 Å². The molecule has 1 aliphatic rings. The lowest BCUT2D eigenvalue weighted by Gasteiger charge is -2.24. The molecule has 4 atom stereocenters. The molecule has 0 aliphatic carbocycles. The van der Waals surface area contributed by atoms with Crippen LogP contribution in [0.5, 0.6) is 0 Å². The number of esters is 2. The molecule has 0 aromatic heterocycles. The van der Waals surface area contributed by atoms with Crippen molar-refractivity contribution in [1.82, 2.24) is 0 Å². The Balaban J connectivity index is 2.38. The molecule has 1 N–H and O–H groups in total. The number of phosphoric acid groups is 1. The van der Waals surface area contributed by atoms with Gasteiger partial charge in [-0.15, -0.1) is 0 Å². The first kappa shape index (κ1) is 52.2. The van der Waals surface area contributed by atoms with Gasteiger partial charge in [0.15, 0.2) is 6.10 Å². The van der Waals surface area contributed by atoms with Gasteiger partial charge in [-0.05, 0) is 89.9 Å². The molecule has 1 saturated heterocycles. The number of rotatable bonds is 36. The minimum absolute atomic E-state index is 0.00740. The summed E-state index contributed by atoms with van der Waals surface area (Å²) in [4.78, 5) is 35.3. The zero-order chi connectivity index (χ0) is 41.9. The van der Waals surface area contributed by atoms with Crippen LogP contribution in [0.3, 0.4) is 0 Å². The van der Waals surface area contributed by atoms with E-state index >= 15 is 0 Å². The van der Waals surface area contributed by atoms with Gasteiger partial charge < -0.3 is 23.6 Å². The van der Waals surface area contributed by atoms with Crippen LogP contribution in [0, 0.1) is 0 Å². The molecule has 0 aromatic carbocycles. The second-order valence-electron chi connectivity index (χ2n) is 15.4. The van der Waals surface area contributed by atoms with Crippen LogP contribution in [0.25, 0.3) is 0 Å². The van der Waals surface area contributed by atoms with E-state index < -0.39 is 32.5 Å². The molecule has 1 aliphatic heterocycles. The molecule has 0 amide bonds. The van der Waals surface area contributed by atoms with Crippen molar-refractivity contribution in [1.29, 1.82) is 0 Å². The van der Waals surface area contributed by atoms with Crippen molar-refractivity contribution in [2.24, 2.45) is 0 Å². The Kier molecular flexibility index (Phi) is 31.2. The van der Waals surface area contributed by atoms with Gasteiger partial charge in [-0.2, -0.15) is 0 Å². The molecular formula is C46H77NO9P+. The third kappa shape index (κ3) is 34.9. The lowest BCUT2D eigenvalue weighted by atomic mass is 10.1. The highest BCUT2D eigenvalue weighted by molar-refractivity contribution is 7.47. The molecule has 0 radical (unpaired) electrons. The van der Waals surface area contributed by atoms with Gasteiger partial charge in [0.25, 0.3) is 0 Å². The number of nitrogens with zero attached hydrogens (tertiary/aromatic N) is 1. The maximum Gasteiger partial charge on any atom is 0.472 e. The van der Waals surface area contributed by atoms with Crippen molar-refractivity contribution in [2.45, 2.75) is 148 Å². The minimum atomic E-state index is -4.41. The predicted octanol–water partition coefficient (Wildman–Crippen LogP) is 11.0. The number of carbonyl (C=O) groups is 2. The maximum absolute atomic E-state index is 12.7. The number of phosphoric ester groups is 1. The number of quaternary nitrogens is 1. The van der Waals surface area contributed by atoms with Crippen LogP contribution in [-0.2, 0) is 37.4 Å². The zero-order valence-corrected chi connectivity index (χ0v) is 36.9. The van der Waals surface area contributed by atoms with Gasteiger partial charge in [0, 0.05) is 12.8 Å². The van der Waals surface area contributed by atoms with Gasteiger partial charge in [-0.1, -0.05) is 112 Å². The summed E-state index contributed by atoms with van der Waals surface area (Å²) in [5, 5.41) is 0. The van der Waals surface area contributed by atoms with Crippen molar-refractivity contribution in [3.63, 3.8) is 0 Å². The zero-order valence-electron chi connectivity index (χ0n) is 36.0. The van der Waals surface area contributed by atoms with E-state index in [0.29, 0.717) is 42.5 Å².